The summed E-state index contributed by atoms with van der Waals surface area (Å²) >= 11 is 0. The van der Waals surface area contributed by atoms with Gasteiger partial charge in [0.15, 0.2) is 0 Å². The zero-order valence-corrected chi connectivity index (χ0v) is 9.41. The Hall–Kier alpha value is -0.910. The third-order valence-electron chi connectivity index (χ3n) is 2.20. The highest BCUT2D eigenvalue weighted by Crippen LogP contribution is 2.21. The molecule has 0 bridgehead atoms. The maximum absolute atomic E-state index is 10.5. The van der Waals surface area contributed by atoms with E-state index in [9.17, 15) is 4.79 Å². The van der Waals surface area contributed by atoms with Crippen molar-refractivity contribution in [1.82, 2.24) is 0 Å². The summed E-state index contributed by atoms with van der Waals surface area (Å²) in [5.41, 5.74) is 0.173. The number of carboxylic acid groups (broad SMARTS) is 1. The minimum Gasteiger partial charge on any atom is -0.478 e. The van der Waals surface area contributed by atoms with E-state index in [0.717, 1.165) is 0 Å². The Labute approximate surface area is 89.6 Å². The zero-order valence-electron chi connectivity index (χ0n) is 9.41. The molecule has 0 aromatic carbocycles. The fourth-order valence-electron chi connectivity index (χ4n) is 1.18. The van der Waals surface area contributed by atoms with Crippen LogP contribution in [-0.4, -0.2) is 38.4 Å². The van der Waals surface area contributed by atoms with Crippen LogP contribution in [-0.2, 0) is 19.0 Å². The molecule has 88 valence electrons. The molecule has 0 aliphatic rings. The number of aliphatic carboxylic acids is 1. The molecule has 0 saturated carbocycles. The average molecular weight is 218 g/mol. The minimum absolute atomic E-state index is 0.173. The molecule has 0 rings (SSSR count). The molecule has 0 spiro atoms. The van der Waals surface area contributed by atoms with E-state index < -0.39 is 11.9 Å². The molecule has 0 aliphatic carbocycles. The first kappa shape index (κ1) is 14.1. The Morgan fingerprint density at radius 1 is 1.27 bits per heavy atom. The van der Waals surface area contributed by atoms with Gasteiger partial charge in [0.05, 0.1) is 0 Å². The molecular formula is C10H18O5. The van der Waals surface area contributed by atoms with Crippen LogP contribution in [0.5, 0.6) is 0 Å². The lowest BCUT2D eigenvalue weighted by molar-refractivity contribution is -0.355. The Bertz CT molecular complexity index is 212. The SMILES string of the molecule is C=C(CCCC(OC)(OC)OC)C(=O)O. The fourth-order valence-corrected chi connectivity index (χ4v) is 1.18. The van der Waals surface area contributed by atoms with E-state index >= 15 is 0 Å². The Kier molecular flexibility index (Phi) is 6.15. The first-order valence-electron chi connectivity index (χ1n) is 4.58. The number of hydrogen-bond acceptors (Lipinski definition) is 4. The van der Waals surface area contributed by atoms with E-state index in [1.807, 2.05) is 0 Å². The number of ether oxygens (including phenoxy) is 3. The molecule has 5 heteroatoms. The van der Waals surface area contributed by atoms with Crippen LogP contribution in [0.15, 0.2) is 12.2 Å². The molecule has 1 N–H and O–H groups in total. The standard InChI is InChI=1S/C10H18O5/c1-8(9(11)12)6-5-7-10(13-2,14-3)15-4/h1,5-7H2,2-4H3,(H,11,12). The first-order valence-corrected chi connectivity index (χ1v) is 4.58. The third kappa shape index (κ3) is 4.42. The van der Waals surface area contributed by atoms with Crippen LogP contribution in [0.25, 0.3) is 0 Å². The van der Waals surface area contributed by atoms with Crippen molar-refractivity contribution in [2.45, 2.75) is 25.2 Å². The largest absolute Gasteiger partial charge is 0.478 e. The second kappa shape index (κ2) is 6.55. The third-order valence-corrected chi connectivity index (χ3v) is 2.20. The molecule has 15 heavy (non-hydrogen) atoms. The smallest absolute Gasteiger partial charge is 0.330 e. The lowest BCUT2D eigenvalue weighted by Crippen LogP contribution is -2.35. The molecule has 0 saturated heterocycles. The molecule has 5 nitrogen and oxygen atoms in total. The average Bonchev–Trinajstić information content (AvgIpc) is 2.24. The highest BCUT2D eigenvalue weighted by molar-refractivity contribution is 5.85. The lowest BCUT2D eigenvalue weighted by Gasteiger charge is -2.28. The van der Waals surface area contributed by atoms with Crippen molar-refractivity contribution < 1.29 is 24.1 Å². The normalized spacial score (nSPS) is 11.4. The predicted molar refractivity (Wildman–Crippen MR) is 54.4 cm³/mol. The number of hydrogen-bond donors (Lipinski definition) is 1. The maximum atomic E-state index is 10.5. The molecule has 0 atom stereocenters. The molecule has 0 aliphatic heterocycles. The molecule has 0 amide bonds. The summed E-state index contributed by atoms with van der Waals surface area (Å²) in [4.78, 5) is 10.5. The minimum atomic E-state index is -1.08. The molecular weight excluding hydrogens is 200 g/mol. The summed E-state index contributed by atoms with van der Waals surface area (Å²) in [5.74, 6) is -2.06. The second-order valence-electron chi connectivity index (χ2n) is 3.06. The monoisotopic (exact) mass is 218 g/mol. The van der Waals surface area contributed by atoms with Gasteiger partial charge in [-0.3, -0.25) is 0 Å². The van der Waals surface area contributed by atoms with Crippen molar-refractivity contribution in [1.29, 1.82) is 0 Å². The quantitative estimate of drug-likeness (QED) is 0.492. The van der Waals surface area contributed by atoms with Gasteiger partial charge >= 0.3 is 5.97 Å². The van der Waals surface area contributed by atoms with Gasteiger partial charge in [-0.15, -0.1) is 0 Å². The maximum Gasteiger partial charge on any atom is 0.330 e. The van der Waals surface area contributed by atoms with E-state index in [4.69, 9.17) is 19.3 Å². The lowest BCUT2D eigenvalue weighted by atomic mass is 10.1. The van der Waals surface area contributed by atoms with E-state index in [2.05, 4.69) is 6.58 Å². The van der Waals surface area contributed by atoms with Gasteiger partial charge in [-0.1, -0.05) is 6.58 Å². The van der Waals surface area contributed by atoms with Gasteiger partial charge in [0.2, 0.25) is 0 Å². The van der Waals surface area contributed by atoms with Crippen LogP contribution < -0.4 is 0 Å². The van der Waals surface area contributed by atoms with Crippen molar-refractivity contribution in [3.63, 3.8) is 0 Å². The molecule has 0 fully saturated rings. The van der Waals surface area contributed by atoms with Crippen molar-refractivity contribution in [3.05, 3.63) is 12.2 Å². The Morgan fingerprint density at radius 2 is 1.73 bits per heavy atom. The van der Waals surface area contributed by atoms with Gasteiger partial charge in [0.1, 0.15) is 0 Å². The van der Waals surface area contributed by atoms with E-state index in [1.165, 1.54) is 21.3 Å². The van der Waals surface area contributed by atoms with E-state index in [1.54, 1.807) is 0 Å². The van der Waals surface area contributed by atoms with E-state index in [-0.39, 0.29) is 5.57 Å². The summed E-state index contributed by atoms with van der Waals surface area (Å²) in [6.45, 7) is 3.43. The molecule has 0 aromatic heterocycles. The van der Waals surface area contributed by atoms with Crippen molar-refractivity contribution >= 4 is 5.97 Å². The number of carboxylic acids is 1. The number of rotatable bonds is 8. The second-order valence-corrected chi connectivity index (χ2v) is 3.06. The first-order chi connectivity index (χ1) is 7.01. The van der Waals surface area contributed by atoms with Gasteiger partial charge in [-0.05, 0) is 12.8 Å². The van der Waals surface area contributed by atoms with Crippen LogP contribution in [0, 0.1) is 0 Å². The molecule has 0 radical (unpaired) electrons. The molecule has 0 heterocycles. The Morgan fingerprint density at radius 3 is 2.07 bits per heavy atom. The molecule has 0 aromatic rings. The van der Waals surface area contributed by atoms with Crippen LogP contribution in [0.1, 0.15) is 19.3 Å². The predicted octanol–water partition coefficient (Wildman–Crippen LogP) is 1.39. The van der Waals surface area contributed by atoms with Crippen molar-refractivity contribution in [2.24, 2.45) is 0 Å². The summed E-state index contributed by atoms with van der Waals surface area (Å²) in [6.07, 6.45) is 1.40. The number of carbonyl (C=O) groups is 1. The number of methoxy groups -OCH3 is 3. The molecule has 0 unspecified atom stereocenters. The summed E-state index contributed by atoms with van der Waals surface area (Å²) in [5, 5.41) is 8.59. The van der Waals surface area contributed by atoms with Crippen molar-refractivity contribution in [3.8, 4) is 0 Å². The van der Waals surface area contributed by atoms with Gasteiger partial charge in [0.25, 0.3) is 5.97 Å². The van der Waals surface area contributed by atoms with Crippen molar-refractivity contribution in [2.75, 3.05) is 21.3 Å². The highest BCUT2D eigenvalue weighted by Gasteiger charge is 2.28. The van der Waals surface area contributed by atoms with Crippen LogP contribution in [0.4, 0.5) is 0 Å². The van der Waals surface area contributed by atoms with Gasteiger partial charge < -0.3 is 19.3 Å². The van der Waals surface area contributed by atoms with Crippen LogP contribution in [0.3, 0.4) is 0 Å². The van der Waals surface area contributed by atoms with Crippen LogP contribution in [0.2, 0.25) is 0 Å². The Balaban J connectivity index is 4.02. The topological polar surface area (TPSA) is 65.0 Å². The van der Waals surface area contributed by atoms with E-state index in [0.29, 0.717) is 19.3 Å². The van der Waals surface area contributed by atoms with Gasteiger partial charge in [-0.25, -0.2) is 4.79 Å². The zero-order chi connectivity index (χ0) is 11.9. The van der Waals surface area contributed by atoms with Gasteiger partial charge in [-0.2, -0.15) is 0 Å². The summed E-state index contributed by atoms with van der Waals surface area (Å²) in [7, 11) is 4.41. The summed E-state index contributed by atoms with van der Waals surface area (Å²) in [6, 6.07) is 0. The van der Waals surface area contributed by atoms with Gasteiger partial charge in [0, 0.05) is 33.3 Å². The van der Waals surface area contributed by atoms with Crippen LogP contribution >= 0.6 is 0 Å². The summed E-state index contributed by atoms with van der Waals surface area (Å²) < 4.78 is 15.2. The highest BCUT2D eigenvalue weighted by atomic mass is 16.9. The fraction of sp³-hybridized carbons (Fsp3) is 0.700.